The minimum atomic E-state index is 0. The summed E-state index contributed by atoms with van der Waals surface area (Å²) in [6.45, 7) is 5.80. The highest BCUT2D eigenvalue weighted by Crippen LogP contribution is 2.12. The van der Waals surface area contributed by atoms with E-state index in [4.69, 9.17) is 0 Å². The van der Waals surface area contributed by atoms with Crippen LogP contribution in [-0.4, -0.2) is 12.6 Å². The summed E-state index contributed by atoms with van der Waals surface area (Å²) in [5.41, 5.74) is 0. The van der Waals surface area contributed by atoms with Crippen molar-refractivity contribution in [2.24, 2.45) is 5.92 Å². The number of rotatable bonds is 1. The molecule has 1 heteroatoms. The molecule has 1 aliphatic rings. The van der Waals surface area contributed by atoms with E-state index < -0.39 is 0 Å². The molecule has 1 heterocycles. The van der Waals surface area contributed by atoms with Gasteiger partial charge in [0.2, 0.25) is 0 Å². The molecular weight excluding hydrogens is 110 g/mol. The first-order valence-electron chi connectivity index (χ1n) is 3.54. The van der Waals surface area contributed by atoms with Crippen molar-refractivity contribution in [3.05, 3.63) is 0 Å². The van der Waals surface area contributed by atoms with Crippen molar-refractivity contribution in [2.45, 2.75) is 40.2 Å². The minimum Gasteiger partial charge on any atom is -0.314 e. The predicted molar refractivity (Wildman–Crippen MR) is 42.6 cm³/mol. The van der Waals surface area contributed by atoms with Gasteiger partial charge in [-0.1, -0.05) is 21.3 Å². The maximum absolute atomic E-state index is 3.46. The van der Waals surface area contributed by atoms with Gasteiger partial charge < -0.3 is 5.32 Å². The molecule has 0 aromatic carbocycles. The van der Waals surface area contributed by atoms with Crippen LogP contribution in [0.5, 0.6) is 0 Å². The third kappa shape index (κ3) is 2.35. The normalized spacial score (nSPS) is 26.3. The van der Waals surface area contributed by atoms with E-state index in [1.807, 2.05) is 0 Å². The van der Waals surface area contributed by atoms with E-state index in [-0.39, 0.29) is 7.43 Å². The van der Waals surface area contributed by atoms with Crippen molar-refractivity contribution < 1.29 is 0 Å². The van der Waals surface area contributed by atoms with Crippen molar-refractivity contribution in [2.75, 3.05) is 6.54 Å². The SMILES string of the molecule is C.CC(C)C1CCCN1. The summed E-state index contributed by atoms with van der Waals surface area (Å²) in [6.07, 6.45) is 2.76. The Morgan fingerprint density at radius 1 is 1.44 bits per heavy atom. The number of hydrogen-bond acceptors (Lipinski definition) is 1. The van der Waals surface area contributed by atoms with E-state index in [2.05, 4.69) is 19.2 Å². The van der Waals surface area contributed by atoms with Crippen molar-refractivity contribution in [1.29, 1.82) is 0 Å². The molecule has 1 N–H and O–H groups in total. The maximum atomic E-state index is 3.46. The first kappa shape index (κ1) is 8.96. The molecule has 1 nitrogen and oxygen atoms in total. The van der Waals surface area contributed by atoms with Gasteiger partial charge in [-0.2, -0.15) is 0 Å². The highest BCUT2D eigenvalue weighted by Gasteiger charge is 2.16. The fourth-order valence-corrected chi connectivity index (χ4v) is 1.28. The summed E-state index contributed by atoms with van der Waals surface area (Å²) >= 11 is 0. The Labute approximate surface area is 58.8 Å². The van der Waals surface area contributed by atoms with Crippen LogP contribution in [0.25, 0.3) is 0 Å². The molecule has 0 bridgehead atoms. The zero-order chi connectivity index (χ0) is 5.98. The second-order valence-corrected chi connectivity index (χ2v) is 2.95. The van der Waals surface area contributed by atoms with Gasteiger partial charge in [-0.05, 0) is 25.3 Å². The smallest absolute Gasteiger partial charge is 0.00905 e. The molecule has 0 aliphatic carbocycles. The first-order chi connectivity index (χ1) is 3.80. The summed E-state index contributed by atoms with van der Waals surface area (Å²) in [7, 11) is 0. The molecule has 1 unspecified atom stereocenters. The van der Waals surface area contributed by atoms with Crippen LogP contribution < -0.4 is 5.32 Å². The highest BCUT2D eigenvalue weighted by molar-refractivity contribution is 4.76. The van der Waals surface area contributed by atoms with Gasteiger partial charge in [-0.15, -0.1) is 0 Å². The molecule has 9 heavy (non-hydrogen) atoms. The Morgan fingerprint density at radius 3 is 2.33 bits per heavy atom. The first-order valence-corrected chi connectivity index (χ1v) is 3.54. The lowest BCUT2D eigenvalue weighted by atomic mass is 10.0. The zero-order valence-electron chi connectivity index (χ0n) is 5.78. The largest absolute Gasteiger partial charge is 0.314 e. The third-order valence-corrected chi connectivity index (χ3v) is 1.90. The molecule has 0 saturated carbocycles. The van der Waals surface area contributed by atoms with Gasteiger partial charge in [0.15, 0.2) is 0 Å². The lowest BCUT2D eigenvalue weighted by Gasteiger charge is -2.12. The lowest BCUT2D eigenvalue weighted by Crippen LogP contribution is -2.26. The van der Waals surface area contributed by atoms with Crippen molar-refractivity contribution in [3.63, 3.8) is 0 Å². The van der Waals surface area contributed by atoms with Crippen LogP contribution >= 0.6 is 0 Å². The van der Waals surface area contributed by atoms with Crippen LogP contribution in [-0.2, 0) is 0 Å². The molecule has 0 amide bonds. The van der Waals surface area contributed by atoms with Crippen LogP contribution in [0.1, 0.15) is 34.1 Å². The van der Waals surface area contributed by atoms with Crippen LogP contribution in [0.3, 0.4) is 0 Å². The average molecular weight is 129 g/mol. The van der Waals surface area contributed by atoms with Crippen LogP contribution in [0.2, 0.25) is 0 Å². The van der Waals surface area contributed by atoms with E-state index in [1.54, 1.807) is 0 Å². The zero-order valence-corrected chi connectivity index (χ0v) is 5.78. The van der Waals surface area contributed by atoms with Gasteiger partial charge in [0, 0.05) is 6.04 Å². The molecule has 0 aromatic heterocycles. The fourth-order valence-electron chi connectivity index (χ4n) is 1.28. The molecular formula is C8H19N. The van der Waals surface area contributed by atoms with E-state index in [1.165, 1.54) is 19.4 Å². The van der Waals surface area contributed by atoms with Gasteiger partial charge in [-0.25, -0.2) is 0 Å². The molecule has 1 aliphatic heterocycles. The summed E-state index contributed by atoms with van der Waals surface area (Å²) in [4.78, 5) is 0. The molecule has 0 spiro atoms. The molecule has 1 rings (SSSR count). The second kappa shape index (κ2) is 3.89. The number of nitrogens with one attached hydrogen (secondary N) is 1. The highest BCUT2D eigenvalue weighted by atomic mass is 14.9. The Bertz CT molecular complexity index is 63.0. The van der Waals surface area contributed by atoms with Crippen molar-refractivity contribution >= 4 is 0 Å². The summed E-state index contributed by atoms with van der Waals surface area (Å²) < 4.78 is 0. The Balaban J connectivity index is 0.000000640. The van der Waals surface area contributed by atoms with E-state index >= 15 is 0 Å². The molecule has 56 valence electrons. The monoisotopic (exact) mass is 129 g/mol. The van der Waals surface area contributed by atoms with Crippen LogP contribution in [0.15, 0.2) is 0 Å². The minimum absolute atomic E-state index is 0. The van der Waals surface area contributed by atoms with Gasteiger partial charge in [0.25, 0.3) is 0 Å². The number of hydrogen-bond donors (Lipinski definition) is 1. The molecule has 1 atom stereocenters. The Kier molecular flexibility index (Phi) is 3.87. The summed E-state index contributed by atoms with van der Waals surface area (Å²) in [5.74, 6) is 0.831. The summed E-state index contributed by atoms with van der Waals surface area (Å²) in [5, 5.41) is 3.46. The van der Waals surface area contributed by atoms with E-state index in [0.29, 0.717) is 0 Å². The van der Waals surface area contributed by atoms with Gasteiger partial charge in [0.05, 0.1) is 0 Å². The van der Waals surface area contributed by atoms with Gasteiger partial charge in [-0.3, -0.25) is 0 Å². The summed E-state index contributed by atoms with van der Waals surface area (Å²) in [6, 6.07) is 0.815. The maximum Gasteiger partial charge on any atom is 0.00905 e. The van der Waals surface area contributed by atoms with Crippen molar-refractivity contribution in [3.8, 4) is 0 Å². The molecule has 1 fully saturated rings. The predicted octanol–water partition coefficient (Wildman–Crippen LogP) is 2.03. The lowest BCUT2D eigenvalue weighted by molar-refractivity contribution is 0.452. The quantitative estimate of drug-likeness (QED) is 0.571. The van der Waals surface area contributed by atoms with E-state index in [9.17, 15) is 0 Å². The van der Waals surface area contributed by atoms with E-state index in [0.717, 1.165) is 12.0 Å². The molecule has 0 radical (unpaired) electrons. The standard InChI is InChI=1S/C7H15N.CH4/c1-6(2)7-4-3-5-8-7;/h6-8H,3-5H2,1-2H3;1H4. The topological polar surface area (TPSA) is 12.0 Å². The fraction of sp³-hybridized carbons (Fsp3) is 1.00. The molecule has 1 saturated heterocycles. The third-order valence-electron chi connectivity index (χ3n) is 1.90. The van der Waals surface area contributed by atoms with Crippen molar-refractivity contribution in [1.82, 2.24) is 5.32 Å². The average Bonchev–Trinajstić information content (AvgIpc) is 2.12. The Morgan fingerprint density at radius 2 is 2.11 bits per heavy atom. The van der Waals surface area contributed by atoms with Gasteiger partial charge in [0.1, 0.15) is 0 Å². The van der Waals surface area contributed by atoms with Crippen LogP contribution in [0, 0.1) is 5.92 Å². The second-order valence-electron chi connectivity index (χ2n) is 2.95. The van der Waals surface area contributed by atoms with Crippen LogP contribution in [0.4, 0.5) is 0 Å². The van der Waals surface area contributed by atoms with Gasteiger partial charge >= 0.3 is 0 Å². The molecule has 0 aromatic rings. The Hall–Kier alpha value is -0.0400.